The number of hydrogen-bond donors (Lipinski definition) is 0. The van der Waals surface area contributed by atoms with E-state index in [1.54, 1.807) is 10.9 Å². The molecular weight excluding hydrogens is 434 g/mol. The van der Waals surface area contributed by atoms with Crippen molar-refractivity contribution < 1.29 is 9.53 Å². The van der Waals surface area contributed by atoms with E-state index < -0.39 is 0 Å². The number of carbonyl (C=O) groups is 1. The van der Waals surface area contributed by atoms with E-state index in [1.807, 2.05) is 55.6 Å². The Kier molecular flexibility index (Phi) is 6.41. The van der Waals surface area contributed by atoms with E-state index in [-0.39, 0.29) is 5.91 Å². The molecule has 5 rings (SSSR count). The van der Waals surface area contributed by atoms with Crippen molar-refractivity contribution in [3.63, 3.8) is 0 Å². The Morgan fingerprint density at radius 1 is 1.09 bits per heavy atom. The third-order valence-corrected chi connectivity index (χ3v) is 7.41. The van der Waals surface area contributed by atoms with Crippen LogP contribution in [0.3, 0.4) is 0 Å². The number of amides is 1. The number of ether oxygens (including phenoxy) is 1. The van der Waals surface area contributed by atoms with Gasteiger partial charge in [-0.1, -0.05) is 54.8 Å². The first-order valence-corrected chi connectivity index (χ1v) is 12.3. The lowest BCUT2D eigenvalue weighted by Gasteiger charge is -2.44. The van der Waals surface area contributed by atoms with Gasteiger partial charge in [-0.15, -0.1) is 0 Å². The number of piperidine rings is 1. The van der Waals surface area contributed by atoms with E-state index in [0.717, 1.165) is 36.2 Å². The van der Waals surface area contributed by atoms with Gasteiger partial charge in [0.15, 0.2) is 0 Å². The van der Waals surface area contributed by atoms with E-state index in [0.29, 0.717) is 34.9 Å². The second kappa shape index (κ2) is 9.60. The molecule has 33 heavy (non-hydrogen) atoms. The summed E-state index contributed by atoms with van der Waals surface area (Å²) in [5.41, 5.74) is 3.40. The first-order chi connectivity index (χ1) is 16.1. The smallest absolute Gasteiger partial charge is 0.257 e. The number of aromatic nitrogens is 2. The third-order valence-electron chi connectivity index (χ3n) is 7.12. The van der Waals surface area contributed by atoms with Crippen LogP contribution in [-0.2, 0) is 13.7 Å². The van der Waals surface area contributed by atoms with E-state index in [2.05, 4.69) is 10.00 Å². The fourth-order valence-electron chi connectivity index (χ4n) is 5.47. The van der Waals surface area contributed by atoms with Crippen LogP contribution in [0.4, 0.5) is 0 Å². The minimum Gasteiger partial charge on any atom is -0.487 e. The van der Waals surface area contributed by atoms with Crippen LogP contribution in [0.1, 0.15) is 54.4 Å². The van der Waals surface area contributed by atoms with Crippen molar-refractivity contribution >= 4 is 17.5 Å². The minimum absolute atomic E-state index is 0.0928. The number of likely N-dealkylation sites (tertiary alicyclic amines) is 1. The molecule has 0 radical (unpaired) electrons. The molecule has 1 aliphatic carbocycles. The standard InChI is InChI=1S/C27H30ClN3O2/c1-30-26(21-13-14-25(23(28)16-21)33-18-19-8-3-2-4-9-19)22(17-29-30)27(32)31-15-7-11-20-10-5-6-12-24(20)31/h2-4,8-9,13-14,16-17,20,24H,5-7,10-12,15,18H2,1H3. The monoisotopic (exact) mass is 463 g/mol. The predicted molar refractivity (Wildman–Crippen MR) is 130 cm³/mol. The number of nitrogens with zero attached hydrogens (tertiary/aromatic N) is 3. The number of hydrogen-bond acceptors (Lipinski definition) is 3. The maximum atomic E-state index is 13.7. The Balaban J connectivity index is 1.38. The van der Waals surface area contributed by atoms with Gasteiger partial charge in [-0.2, -0.15) is 5.10 Å². The lowest BCUT2D eigenvalue weighted by atomic mass is 9.78. The first kappa shape index (κ1) is 22.0. The van der Waals surface area contributed by atoms with Gasteiger partial charge in [0.1, 0.15) is 12.4 Å². The normalized spacial score (nSPS) is 20.4. The highest BCUT2D eigenvalue weighted by molar-refractivity contribution is 6.32. The molecule has 2 unspecified atom stereocenters. The first-order valence-electron chi connectivity index (χ1n) is 11.9. The zero-order valence-electron chi connectivity index (χ0n) is 19.0. The second-order valence-corrected chi connectivity index (χ2v) is 9.61. The lowest BCUT2D eigenvalue weighted by molar-refractivity contribution is 0.0391. The highest BCUT2D eigenvalue weighted by Crippen LogP contribution is 2.38. The average Bonchev–Trinajstić information content (AvgIpc) is 3.24. The molecular formula is C27H30ClN3O2. The van der Waals surface area contributed by atoms with Crippen LogP contribution in [0.5, 0.6) is 5.75 Å². The Bertz CT molecular complexity index is 1130. The van der Waals surface area contributed by atoms with Crippen LogP contribution < -0.4 is 4.74 Å². The van der Waals surface area contributed by atoms with E-state index in [9.17, 15) is 4.79 Å². The topological polar surface area (TPSA) is 47.4 Å². The molecule has 1 aliphatic heterocycles. The lowest BCUT2D eigenvalue weighted by Crippen LogP contribution is -2.49. The Morgan fingerprint density at radius 3 is 2.70 bits per heavy atom. The molecule has 1 aromatic heterocycles. The Labute approximate surface area is 200 Å². The molecule has 0 bridgehead atoms. The molecule has 3 aromatic rings. The van der Waals surface area contributed by atoms with Crippen molar-refractivity contribution in [2.45, 2.75) is 51.2 Å². The number of halogens is 1. The van der Waals surface area contributed by atoms with Gasteiger partial charge in [-0.3, -0.25) is 9.48 Å². The summed E-state index contributed by atoms with van der Waals surface area (Å²) in [4.78, 5) is 15.8. The number of fused-ring (bicyclic) bond motifs is 1. The van der Waals surface area contributed by atoms with Gasteiger partial charge in [0.2, 0.25) is 0 Å². The van der Waals surface area contributed by atoms with Gasteiger partial charge in [-0.05, 0) is 55.4 Å². The SMILES string of the molecule is Cn1ncc(C(=O)N2CCCC3CCCCC32)c1-c1ccc(OCc2ccccc2)c(Cl)c1. The van der Waals surface area contributed by atoms with E-state index >= 15 is 0 Å². The van der Waals surface area contributed by atoms with Crippen molar-refractivity contribution in [1.29, 1.82) is 0 Å². The highest BCUT2D eigenvalue weighted by atomic mass is 35.5. The summed E-state index contributed by atoms with van der Waals surface area (Å²) in [5, 5.41) is 4.96. The van der Waals surface area contributed by atoms with Crippen LogP contribution in [0, 0.1) is 5.92 Å². The molecule has 2 fully saturated rings. The fraction of sp³-hybridized carbons (Fsp3) is 0.407. The van der Waals surface area contributed by atoms with Crippen LogP contribution in [-0.4, -0.2) is 33.2 Å². The zero-order chi connectivity index (χ0) is 22.8. The molecule has 0 N–H and O–H groups in total. The zero-order valence-corrected chi connectivity index (χ0v) is 19.8. The highest BCUT2D eigenvalue weighted by Gasteiger charge is 2.37. The summed E-state index contributed by atoms with van der Waals surface area (Å²) in [7, 11) is 1.87. The van der Waals surface area contributed by atoms with Gasteiger partial charge in [0.25, 0.3) is 5.91 Å². The molecule has 5 nitrogen and oxygen atoms in total. The number of benzene rings is 2. The molecule has 6 heteroatoms. The van der Waals surface area contributed by atoms with Gasteiger partial charge in [0, 0.05) is 25.2 Å². The molecule has 0 spiro atoms. The molecule has 172 valence electrons. The third kappa shape index (κ3) is 4.51. The summed E-state index contributed by atoms with van der Waals surface area (Å²) in [6.45, 7) is 1.29. The summed E-state index contributed by atoms with van der Waals surface area (Å²) in [6.07, 6.45) is 8.90. The molecule has 2 aliphatic rings. The van der Waals surface area contributed by atoms with E-state index in [4.69, 9.17) is 16.3 Å². The Hall–Kier alpha value is -2.79. The van der Waals surface area contributed by atoms with Gasteiger partial charge < -0.3 is 9.64 Å². The van der Waals surface area contributed by atoms with Crippen molar-refractivity contribution in [3.05, 3.63) is 70.9 Å². The van der Waals surface area contributed by atoms with Crippen LogP contribution >= 0.6 is 11.6 Å². The van der Waals surface area contributed by atoms with Crippen LogP contribution in [0.15, 0.2) is 54.7 Å². The minimum atomic E-state index is 0.0928. The van der Waals surface area contributed by atoms with Crippen molar-refractivity contribution in [2.75, 3.05) is 6.54 Å². The van der Waals surface area contributed by atoms with Crippen molar-refractivity contribution in [2.24, 2.45) is 13.0 Å². The number of aryl methyl sites for hydroxylation is 1. The van der Waals surface area contributed by atoms with Crippen molar-refractivity contribution in [3.8, 4) is 17.0 Å². The average molecular weight is 464 g/mol. The summed E-state index contributed by atoms with van der Waals surface area (Å²) < 4.78 is 7.70. The number of carbonyl (C=O) groups excluding carboxylic acids is 1. The number of rotatable bonds is 5. The largest absolute Gasteiger partial charge is 0.487 e. The van der Waals surface area contributed by atoms with Crippen LogP contribution in [0.25, 0.3) is 11.3 Å². The summed E-state index contributed by atoms with van der Waals surface area (Å²) in [6, 6.07) is 16.1. The Morgan fingerprint density at radius 2 is 1.88 bits per heavy atom. The molecule has 1 saturated heterocycles. The van der Waals surface area contributed by atoms with Crippen molar-refractivity contribution in [1.82, 2.24) is 14.7 Å². The van der Waals surface area contributed by atoms with Crippen LogP contribution in [0.2, 0.25) is 5.02 Å². The quantitative estimate of drug-likeness (QED) is 0.458. The van der Waals surface area contributed by atoms with Gasteiger partial charge in [0.05, 0.1) is 22.5 Å². The summed E-state index contributed by atoms with van der Waals surface area (Å²) >= 11 is 6.59. The van der Waals surface area contributed by atoms with Gasteiger partial charge >= 0.3 is 0 Å². The van der Waals surface area contributed by atoms with E-state index in [1.165, 1.54) is 25.7 Å². The maximum absolute atomic E-state index is 13.7. The summed E-state index contributed by atoms with van der Waals surface area (Å²) in [5.74, 6) is 1.36. The predicted octanol–water partition coefficient (Wildman–Crippen LogP) is 6.11. The second-order valence-electron chi connectivity index (χ2n) is 9.20. The van der Waals surface area contributed by atoms with Gasteiger partial charge in [-0.25, -0.2) is 0 Å². The molecule has 1 saturated carbocycles. The molecule has 2 atom stereocenters. The molecule has 1 amide bonds. The molecule has 2 aromatic carbocycles. The molecule has 2 heterocycles. The maximum Gasteiger partial charge on any atom is 0.257 e. The fourth-order valence-corrected chi connectivity index (χ4v) is 5.70.